The molecule has 1 aliphatic rings. The van der Waals surface area contributed by atoms with Gasteiger partial charge >= 0.3 is 0 Å². The lowest BCUT2D eigenvalue weighted by Gasteiger charge is -2.43. The first-order valence-electron chi connectivity index (χ1n) is 7.76. The highest BCUT2D eigenvalue weighted by Gasteiger charge is 2.43. The lowest BCUT2D eigenvalue weighted by Crippen LogP contribution is -2.48. The molecule has 0 radical (unpaired) electrons. The van der Waals surface area contributed by atoms with E-state index in [2.05, 4.69) is 6.92 Å². The van der Waals surface area contributed by atoms with Crippen molar-refractivity contribution in [2.24, 2.45) is 17.8 Å². The average Bonchev–Trinajstić information content (AvgIpc) is 2.47. The van der Waals surface area contributed by atoms with Crippen molar-refractivity contribution >= 4 is 5.78 Å². The van der Waals surface area contributed by atoms with E-state index >= 15 is 0 Å². The summed E-state index contributed by atoms with van der Waals surface area (Å²) in [6.45, 7) is 5.93. The maximum atomic E-state index is 12.6. The fourth-order valence-electron chi connectivity index (χ4n) is 3.62. The van der Waals surface area contributed by atoms with Crippen molar-refractivity contribution in [3.05, 3.63) is 35.9 Å². The molecule has 0 amide bonds. The molecule has 1 aliphatic carbocycles. The minimum atomic E-state index is -0.924. The third-order valence-electron chi connectivity index (χ3n) is 5.19. The Kier molecular flexibility index (Phi) is 4.64. The van der Waals surface area contributed by atoms with E-state index in [1.54, 1.807) is 0 Å². The fraction of sp³-hybridized carbons (Fsp3) is 0.611. The van der Waals surface area contributed by atoms with Crippen LogP contribution in [0.3, 0.4) is 0 Å². The second kappa shape index (κ2) is 6.09. The Balaban J connectivity index is 2.18. The van der Waals surface area contributed by atoms with Gasteiger partial charge in [0, 0.05) is 11.5 Å². The maximum Gasteiger partial charge on any atom is 0.168 e. The number of ketones is 1. The van der Waals surface area contributed by atoms with Gasteiger partial charge in [-0.1, -0.05) is 63.4 Å². The molecule has 1 aromatic carbocycles. The van der Waals surface area contributed by atoms with Crippen molar-refractivity contribution in [3.8, 4) is 0 Å². The molecule has 110 valence electrons. The predicted molar refractivity (Wildman–Crippen MR) is 81.7 cm³/mol. The zero-order valence-corrected chi connectivity index (χ0v) is 12.8. The molecular weight excluding hydrogens is 248 g/mol. The largest absolute Gasteiger partial charge is 0.389 e. The molecule has 1 aromatic rings. The average molecular weight is 274 g/mol. The van der Waals surface area contributed by atoms with Crippen LogP contribution in [0.2, 0.25) is 0 Å². The van der Waals surface area contributed by atoms with Crippen molar-refractivity contribution in [2.75, 3.05) is 0 Å². The summed E-state index contributed by atoms with van der Waals surface area (Å²) in [5.41, 5.74) is -0.226. The number of hydrogen-bond acceptors (Lipinski definition) is 2. The summed E-state index contributed by atoms with van der Waals surface area (Å²) in [5, 5.41) is 11.0. The number of hydrogen-bond donors (Lipinski definition) is 1. The SMILES string of the molecule is CC1CCCCC1C(C)(O)C(C)C(=O)c1ccccc1. The van der Waals surface area contributed by atoms with Crippen molar-refractivity contribution in [1.82, 2.24) is 0 Å². The number of benzene rings is 1. The minimum Gasteiger partial charge on any atom is -0.389 e. The third-order valence-corrected chi connectivity index (χ3v) is 5.19. The summed E-state index contributed by atoms with van der Waals surface area (Å²) in [5.74, 6) is 0.396. The molecule has 0 aromatic heterocycles. The molecular formula is C18H26O2. The summed E-state index contributed by atoms with van der Waals surface area (Å²) in [6, 6.07) is 9.32. The third kappa shape index (κ3) is 2.95. The van der Waals surface area contributed by atoms with E-state index in [9.17, 15) is 9.90 Å². The summed E-state index contributed by atoms with van der Waals surface area (Å²) in [6.07, 6.45) is 4.60. The van der Waals surface area contributed by atoms with Crippen molar-refractivity contribution in [2.45, 2.75) is 52.1 Å². The van der Waals surface area contributed by atoms with E-state index in [-0.39, 0.29) is 17.6 Å². The number of carbonyl (C=O) groups excluding carboxylic acids is 1. The minimum absolute atomic E-state index is 0.0494. The summed E-state index contributed by atoms with van der Waals surface area (Å²) < 4.78 is 0. The molecule has 4 atom stereocenters. The lowest BCUT2D eigenvalue weighted by molar-refractivity contribution is -0.0680. The highest BCUT2D eigenvalue weighted by molar-refractivity contribution is 5.98. The van der Waals surface area contributed by atoms with Gasteiger partial charge in [-0.05, 0) is 25.2 Å². The molecule has 0 saturated heterocycles. The Labute approximate surface area is 122 Å². The highest BCUT2D eigenvalue weighted by Crippen LogP contribution is 2.41. The standard InChI is InChI=1S/C18H26O2/c1-13-9-7-8-12-16(13)18(3,20)14(2)17(19)15-10-5-4-6-11-15/h4-6,10-11,13-14,16,20H,7-9,12H2,1-3H3. The van der Waals surface area contributed by atoms with E-state index in [0.29, 0.717) is 11.5 Å². The molecule has 0 aliphatic heterocycles. The van der Waals surface area contributed by atoms with Gasteiger partial charge in [0.05, 0.1) is 5.60 Å². The van der Waals surface area contributed by atoms with Gasteiger partial charge in [-0.15, -0.1) is 0 Å². The molecule has 1 N–H and O–H groups in total. The highest BCUT2D eigenvalue weighted by atomic mass is 16.3. The van der Waals surface area contributed by atoms with Gasteiger partial charge in [0.1, 0.15) is 0 Å². The second-order valence-electron chi connectivity index (χ2n) is 6.55. The Hall–Kier alpha value is -1.15. The van der Waals surface area contributed by atoms with Crippen LogP contribution in [0, 0.1) is 17.8 Å². The monoisotopic (exact) mass is 274 g/mol. The Morgan fingerprint density at radius 1 is 1.25 bits per heavy atom. The lowest BCUT2D eigenvalue weighted by atomic mass is 9.66. The van der Waals surface area contributed by atoms with Gasteiger partial charge in [-0.2, -0.15) is 0 Å². The van der Waals surface area contributed by atoms with Crippen LogP contribution in [0.5, 0.6) is 0 Å². The van der Waals surface area contributed by atoms with Crippen LogP contribution < -0.4 is 0 Å². The Morgan fingerprint density at radius 3 is 2.45 bits per heavy atom. The van der Waals surface area contributed by atoms with Crippen LogP contribution in [0.4, 0.5) is 0 Å². The number of aliphatic hydroxyl groups is 1. The van der Waals surface area contributed by atoms with E-state index < -0.39 is 5.60 Å². The smallest absolute Gasteiger partial charge is 0.168 e. The molecule has 0 bridgehead atoms. The summed E-state index contributed by atoms with van der Waals surface area (Å²) >= 11 is 0. The quantitative estimate of drug-likeness (QED) is 0.840. The molecule has 1 saturated carbocycles. The first-order chi connectivity index (χ1) is 9.44. The zero-order valence-electron chi connectivity index (χ0n) is 12.8. The normalized spacial score (nSPS) is 27.6. The molecule has 0 heterocycles. The van der Waals surface area contributed by atoms with E-state index in [4.69, 9.17) is 0 Å². The first-order valence-corrected chi connectivity index (χ1v) is 7.76. The molecule has 1 fully saturated rings. The molecule has 0 spiro atoms. The Morgan fingerprint density at radius 2 is 1.85 bits per heavy atom. The fourth-order valence-corrected chi connectivity index (χ4v) is 3.62. The van der Waals surface area contributed by atoms with E-state index in [1.807, 2.05) is 44.2 Å². The first kappa shape index (κ1) is 15.2. The number of rotatable bonds is 4. The Bertz CT molecular complexity index is 450. The van der Waals surface area contributed by atoms with E-state index in [1.165, 1.54) is 6.42 Å². The van der Waals surface area contributed by atoms with Crippen LogP contribution in [0.1, 0.15) is 56.8 Å². The number of carbonyl (C=O) groups is 1. The summed E-state index contributed by atoms with van der Waals surface area (Å²) in [4.78, 5) is 12.6. The van der Waals surface area contributed by atoms with Gasteiger partial charge in [-0.25, -0.2) is 0 Å². The van der Waals surface area contributed by atoms with E-state index in [0.717, 1.165) is 19.3 Å². The van der Waals surface area contributed by atoms with Crippen molar-refractivity contribution in [3.63, 3.8) is 0 Å². The van der Waals surface area contributed by atoms with Crippen LogP contribution in [-0.2, 0) is 0 Å². The second-order valence-corrected chi connectivity index (χ2v) is 6.55. The van der Waals surface area contributed by atoms with Gasteiger partial charge in [-0.3, -0.25) is 4.79 Å². The predicted octanol–water partition coefficient (Wildman–Crippen LogP) is 4.08. The molecule has 2 heteroatoms. The van der Waals surface area contributed by atoms with Crippen LogP contribution >= 0.6 is 0 Å². The molecule has 2 nitrogen and oxygen atoms in total. The zero-order chi connectivity index (χ0) is 14.8. The van der Waals surface area contributed by atoms with Gasteiger partial charge < -0.3 is 5.11 Å². The van der Waals surface area contributed by atoms with Crippen molar-refractivity contribution in [1.29, 1.82) is 0 Å². The van der Waals surface area contributed by atoms with Gasteiger partial charge in [0.25, 0.3) is 0 Å². The topological polar surface area (TPSA) is 37.3 Å². The van der Waals surface area contributed by atoms with Gasteiger partial charge in [0.2, 0.25) is 0 Å². The van der Waals surface area contributed by atoms with Gasteiger partial charge in [0.15, 0.2) is 5.78 Å². The van der Waals surface area contributed by atoms with Crippen LogP contribution in [0.15, 0.2) is 30.3 Å². The number of Topliss-reactive ketones (excluding diaryl/α,β-unsaturated/α-hetero) is 1. The van der Waals surface area contributed by atoms with Crippen LogP contribution in [0.25, 0.3) is 0 Å². The maximum absolute atomic E-state index is 12.6. The molecule has 4 unspecified atom stereocenters. The summed E-state index contributed by atoms with van der Waals surface area (Å²) in [7, 11) is 0. The van der Waals surface area contributed by atoms with Crippen molar-refractivity contribution < 1.29 is 9.90 Å². The molecule has 20 heavy (non-hydrogen) atoms. The van der Waals surface area contributed by atoms with Crippen LogP contribution in [-0.4, -0.2) is 16.5 Å². The molecule has 2 rings (SSSR count).